The molecule has 276 valence electrons. The Bertz CT molecular complexity index is 2450. The van der Waals surface area contributed by atoms with Crippen molar-refractivity contribution >= 4 is 61.6 Å². The molecule has 0 aliphatic rings. The largest absolute Gasteiger partial charge is 0.497 e. The van der Waals surface area contributed by atoms with Crippen LogP contribution in [0.4, 0.5) is 0 Å². The van der Waals surface area contributed by atoms with Gasteiger partial charge in [-0.05, 0) is 98.2 Å². The van der Waals surface area contributed by atoms with Crippen LogP contribution in [0.1, 0.15) is 99.8 Å². The van der Waals surface area contributed by atoms with Gasteiger partial charge in [0.15, 0.2) is 11.5 Å². The molecule has 0 amide bonds. The van der Waals surface area contributed by atoms with Gasteiger partial charge in [-0.15, -0.1) is 0 Å². The molecule has 5 aromatic carbocycles. The second-order valence-electron chi connectivity index (χ2n) is 14.1. The first-order valence-electron chi connectivity index (χ1n) is 18.6. The predicted molar refractivity (Wildman–Crippen MR) is 215 cm³/mol. The van der Waals surface area contributed by atoms with Gasteiger partial charge in [-0.25, -0.2) is 4.79 Å². The summed E-state index contributed by atoms with van der Waals surface area (Å²) in [6.45, 7) is 12.3. The summed E-state index contributed by atoms with van der Waals surface area (Å²) in [6.07, 6.45) is 4.31. The normalized spacial score (nSPS) is 12.3. The summed E-state index contributed by atoms with van der Waals surface area (Å²) in [5, 5.41) is 7.17. The van der Waals surface area contributed by atoms with E-state index in [4.69, 9.17) is 9.57 Å². The van der Waals surface area contributed by atoms with Crippen LogP contribution in [0.25, 0.3) is 32.6 Å². The average molecular weight is 723 g/mol. The van der Waals surface area contributed by atoms with Crippen LogP contribution in [0.3, 0.4) is 0 Å². The Balaban J connectivity index is 1.60. The Labute approximate surface area is 315 Å². The summed E-state index contributed by atoms with van der Waals surface area (Å²) in [5.74, 6) is -1.28. The molecule has 1 heterocycles. The number of rotatable bonds is 14. The van der Waals surface area contributed by atoms with Gasteiger partial charge in [0.05, 0.1) is 12.6 Å². The van der Waals surface area contributed by atoms with E-state index in [0.717, 1.165) is 88.4 Å². The van der Waals surface area contributed by atoms with Crippen LogP contribution in [0, 0.1) is 26.7 Å². The van der Waals surface area contributed by atoms with Gasteiger partial charge in [0.1, 0.15) is 5.75 Å². The van der Waals surface area contributed by atoms with E-state index in [2.05, 4.69) is 29.6 Å². The molecule has 0 N–H and O–H groups in total. The van der Waals surface area contributed by atoms with Crippen LogP contribution < -0.4 is 4.74 Å². The van der Waals surface area contributed by atoms with E-state index in [9.17, 15) is 19.2 Å². The monoisotopic (exact) mass is 722 g/mol. The van der Waals surface area contributed by atoms with Crippen molar-refractivity contribution < 1.29 is 28.8 Å². The third-order valence-electron chi connectivity index (χ3n) is 10.3. The van der Waals surface area contributed by atoms with Crippen LogP contribution in [0.2, 0.25) is 0 Å². The van der Waals surface area contributed by atoms with E-state index in [0.29, 0.717) is 22.8 Å². The van der Waals surface area contributed by atoms with E-state index in [1.165, 1.54) is 19.2 Å². The smallest absolute Gasteiger partial charge is 0.332 e. The zero-order valence-electron chi connectivity index (χ0n) is 32.0. The number of benzene rings is 5. The van der Waals surface area contributed by atoms with Crippen molar-refractivity contribution in [3.63, 3.8) is 0 Å². The third-order valence-corrected chi connectivity index (χ3v) is 10.3. The van der Waals surface area contributed by atoms with Gasteiger partial charge >= 0.3 is 5.97 Å². The van der Waals surface area contributed by atoms with Gasteiger partial charge in [0.2, 0.25) is 11.6 Å². The van der Waals surface area contributed by atoms with Crippen molar-refractivity contribution in [2.75, 3.05) is 7.11 Å². The molecule has 8 heteroatoms. The van der Waals surface area contributed by atoms with E-state index in [1.807, 2.05) is 63.2 Å². The number of unbranched alkanes of at least 4 members (excludes halogenated alkanes) is 1. The molecule has 1 aromatic heterocycles. The quantitative estimate of drug-likeness (QED) is 0.0364. The zero-order valence-corrected chi connectivity index (χ0v) is 32.0. The number of oxime groups is 1. The first-order valence-corrected chi connectivity index (χ1v) is 18.6. The number of hydrogen-bond donors (Lipinski definition) is 0. The molecule has 0 bridgehead atoms. The molecule has 0 saturated carbocycles. The lowest BCUT2D eigenvalue weighted by Crippen LogP contribution is -2.25. The average Bonchev–Trinajstić information content (AvgIpc) is 3.47. The molecular weight excluding hydrogens is 677 g/mol. The molecule has 0 saturated heterocycles. The molecule has 8 nitrogen and oxygen atoms in total. The summed E-state index contributed by atoms with van der Waals surface area (Å²) in [6, 6.07) is 25.7. The first-order chi connectivity index (χ1) is 26.0. The van der Waals surface area contributed by atoms with Gasteiger partial charge in [-0.1, -0.05) is 80.2 Å². The Morgan fingerprint density at radius 3 is 2.04 bits per heavy atom. The van der Waals surface area contributed by atoms with Crippen LogP contribution in [0.5, 0.6) is 5.75 Å². The molecule has 1 unspecified atom stereocenters. The number of fused-ring (bicyclic) bond motifs is 5. The first kappa shape index (κ1) is 37.9. The van der Waals surface area contributed by atoms with Crippen molar-refractivity contribution in [1.82, 2.24) is 4.57 Å². The van der Waals surface area contributed by atoms with Crippen LogP contribution in [0.15, 0.2) is 90.1 Å². The fraction of sp³-hybridized carbons (Fsp3) is 0.283. The van der Waals surface area contributed by atoms with Gasteiger partial charge in [-0.2, -0.15) is 0 Å². The highest BCUT2D eigenvalue weighted by Gasteiger charge is 2.28. The lowest BCUT2D eigenvalue weighted by atomic mass is 9.89. The van der Waals surface area contributed by atoms with Gasteiger partial charge in [-0.3, -0.25) is 14.4 Å². The molecule has 0 radical (unpaired) electrons. The van der Waals surface area contributed by atoms with Crippen molar-refractivity contribution in [3.05, 3.63) is 124 Å². The number of hydrogen-bond acceptors (Lipinski definition) is 7. The number of aryl methyl sites for hydroxylation is 3. The summed E-state index contributed by atoms with van der Waals surface area (Å²) in [7, 11) is 1.51. The summed E-state index contributed by atoms with van der Waals surface area (Å²) in [4.78, 5) is 59.3. The third kappa shape index (κ3) is 7.33. The minimum atomic E-state index is -0.766. The van der Waals surface area contributed by atoms with E-state index in [1.54, 1.807) is 24.3 Å². The Morgan fingerprint density at radius 2 is 1.41 bits per heavy atom. The number of carbonyl (C=O) groups is 4. The molecular formula is C46H46N2O6. The van der Waals surface area contributed by atoms with E-state index in [-0.39, 0.29) is 16.9 Å². The number of ether oxygens (including phenoxy) is 1. The lowest BCUT2D eigenvalue weighted by molar-refractivity contribution is -0.140. The molecule has 6 aromatic rings. The van der Waals surface area contributed by atoms with Crippen LogP contribution in [-0.4, -0.2) is 40.7 Å². The highest BCUT2D eigenvalue weighted by Crippen LogP contribution is 2.39. The maximum Gasteiger partial charge on any atom is 0.332 e. The Morgan fingerprint density at radius 1 is 0.759 bits per heavy atom. The number of aromatic nitrogens is 1. The summed E-state index contributed by atoms with van der Waals surface area (Å²) < 4.78 is 7.56. The molecule has 0 fully saturated rings. The molecule has 0 aliphatic heterocycles. The SMILES string of the molecule is CCCCC(CC)Cn1c2ccc(C(=O)/C(=N\OC(C)=O)C(=O)c3ccc(OC)cc3)cc2c2cc(C(=O)c3c(C)cc(C)cc3C)c3ccccc3c21. The van der Waals surface area contributed by atoms with Crippen molar-refractivity contribution in [3.8, 4) is 5.75 Å². The number of ketones is 3. The highest BCUT2D eigenvalue weighted by atomic mass is 16.7. The number of carbonyl (C=O) groups excluding carboxylic acids is 4. The number of nitrogens with zero attached hydrogens (tertiary/aromatic N) is 2. The standard InChI is InChI=1S/C46H46N2O6/c1-8-10-13-31(9-2)26-48-40-21-18-33(45(51)42(47-54-30(6)49)44(50)32-16-19-34(53-7)20-17-32)24-37(40)38-25-39(35-14-11-12-15-36(35)43(38)48)46(52)41-28(4)22-27(3)23-29(41)5/h11-12,14-25,31H,8-10,13,26H2,1-7H3/b47-42-. The summed E-state index contributed by atoms with van der Waals surface area (Å²) >= 11 is 0. The topological polar surface area (TPSA) is 104 Å². The second-order valence-corrected chi connectivity index (χ2v) is 14.1. The van der Waals surface area contributed by atoms with Crippen LogP contribution in [-0.2, 0) is 16.2 Å². The van der Waals surface area contributed by atoms with Crippen LogP contribution >= 0.6 is 0 Å². The molecule has 54 heavy (non-hydrogen) atoms. The Kier molecular flexibility index (Phi) is 11.2. The lowest BCUT2D eigenvalue weighted by Gasteiger charge is -2.19. The van der Waals surface area contributed by atoms with Crippen molar-refractivity contribution in [2.24, 2.45) is 11.1 Å². The maximum absolute atomic E-state index is 14.6. The van der Waals surface area contributed by atoms with E-state index >= 15 is 0 Å². The predicted octanol–water partition coefficient (Wildman–Crippen LogP) is 10.3. The van der Waals surface area contributed by atoms with Crippen molar-refractivity contribution in [1.29, 1.82) is 0 Å². The molecule has 6 rings (SSSR count). The van der Waals surface area contributed by atoms with Gasteiger partial charge in [0.25, 0.3) is 0 Å². The molecule has 0 spiro atoms. The second kappa shape index (κ2) is 16.0. The van der Waals surface area contributed by atoms with Crippen molar-refractivity contribution in [2.45, 2.75) is 73.8 Å². The Hall–Kier alpha value is -5.89. The molecule has 0 aliphatic carbocycles. The minimum Gasteiger partial charge on any atom is -0.497 e. The fourth-order valence-corrected chi connectivity index (χ4v) is 7.64. The zero-order chi connectivity index (χ0) is 38.7. The number of methoxy groups -OCH3 is 1. The summed E-state index contributed by atoms with van der Waals surface area (Å²) in [5.41, 5.74) is 5.92. The number of Topliss-reactive ketones (excluding diaryl/α,β-unsaturated/α-hetero) is 2. The fourth-order valence-electron chi connectivity index (χ4n) is 7.64. The maximum atomic E-state index is 14.6. The van der Waals surface area contributed by atoms with Gasteiger partial charge in [0, 0.05) is 57.4 Å². The highest BCUT2D eigenvalue weighted by molar-refractivity contribution is 6.71. The molecule has 1 atom stereocenters. The minimum absolute atomic E-state index is 0.0634. The van der Waals surface area contributed by atoms with Gasteiger partial charge < -0.3 is 14.1 Å². The van der Waals surface area contributed by atoms with E-state index < -0.39 is 23.2 Å².